The van der Waals surface area contributed by atoms with E-state index in [0.717, 1.165) is 25.9 Å². The Morgan fingerprint density at radius 1 is 1.12 bits per heavy atom. The second kappa shape index (κ2) is 11.9. The second-order valence-electron chi connectivity index (χ2n) is 5.93. The molecule has 0 aliphatic rings. The van der Waals surface area contributed by atoms with Gasteiger partial charge in [0.05, 0.1) is 0 Å². The van der Waals surface area contributed by atoms with E-state index in [-0.39, 0.29) is 30.3 Å². The third-order valence-electron chi connectivity index (χ3n) is 3.52. The predicted octanol–water partition coefficient (Wildman–Crippen LogP) is 3.44. The SMILES string of the molecule is CCCN(CCC)C(=O)c1ccc(NC(=O)CCC(C)N)cc1.Cl. The van der Waals surface area contributed by atoms with Gasteiger partial charge in [-0.2, -0.15) is 0 Å². The van der Waals surface area contributed by atoms with Crippen LogP contribution in [0.1, 0.15) is 56.8 Å². The zero-order chi connectivity index (χ0) is 17.2. The molecule has 136 valence electrons. The van der Waals surface area contributed by atoms with Crippen molar-refractivity contribution in [3.63, 3.8) is 0 Å². The van der Waals surface area contributed by atoms with Crippen LogP contribution in [0.4, 0.5) is 5.69 Å². The molecule has 0 aliphatic carbocycles. The Hall–Kier alpha value is -1.59. The maximum absolute atomic E-state index is 12.5. The van der Waals surface area contributed by atoms with E-state index in [4.69, 9.17) is 5.73 Å². The van der Waals surface area contributed by atoms with E-state index in [0.29, 0.717) is 24.1 Å². The molecule has 0 bridgehead atoms. The van der Waals surface area contributed by atoms with E-state index in [1.54, 1.807) is 24.3 Å². The average molecular weight is 356 g/mol. The van der Waals surface area contributed by atoms with Gasteiger partial charge in [-0.05, 0) is 50.5 Å². The fraction of sp³-hybridized carbons (Fsp3) is 0.556. The number of benzene rings is 1. The molecule has 6 heteroatoms. The Labute approximate surface area is 151 Å². The Morgan fingerprint density at radius 2 is 1.67 bits per heavy atom. The third kappa shape index (κ3) is 7.79. The van der Waals surface area contributed by atoms with Gasteiger partial charge < -0.3 is 16.0 Å². The van der Waals surface area contributed by atoms with Crippen LogP contribution < -0.4 is 11.1 Å². The van der Waals surface area contributed by atoms with Gasteiger partial charge in [0.15, 0.2) is 0 Å². The van der Waals surface area contributed by atoms with Crippen molar-refractivity contribution in [1.29, 1.82) is 0 Å². The first-order valence-electron chi connectivity index (χ1n) is 8.42. The number of anilines is 1. The molecular formula is C18H30ClN3O2. The van der Waals surface area contributed by atoms with Gasteiger partial charge in [-0.3, -0.25) is 9.59 Å². The maximum atomic E-state index is 12.5. The number of hydrogen-bond donors (Lipinski definition) is 2. The fourth-order valence-electron chi connectivity index (χ4n) is 2.32. The Balaban J connectivity index is 0.00000529. The molecule has 0 aromatic heterocycles. The molecule has 1 atom stereocenters. The molecular weight excluding hydrogens is 326 g/mol. The molecule has 1 unspecified atom stereocenters. The molecule has 24 heavy (non-hydrogen) atoms. The standard InChI is InChI=1S/C18H29N3O2.ClH/c1-4-12-21(13-5-2)18(23)15-7-9-16(10-8-15)20-17(22)11-6-14(3)19;/h7-10,14H,4-6,11-13,19H2,1-3H3,(H,20,22);1H. The first-order chi connectivity index (χ1) is 11.0. The van der Waals surface area contributed by atoms with E-state index in [9.17, 15) is 9.59 Å². The molecule has 0 heterocycles. The van der Waals surface area contributed by atoms with Crippen molar-refractivity contribution in [3.8, 4) is 0 Å². The van der Waals surface area contributed by atoms with E-state index in [1.165, 1.54) is 0 Å². The lowest BCUT2D eigenvalue weighted by Crippen LogP contribution is -2.32. The summed E-state index contributed by atoms with van der Waals surface area (Å²) in [6.45, 7) is 7.55. The molecule has 0 saturated carbocycles. The maximum Gasteiger partial charge on any atom is 0.253 e. The molecule has 0 fully saturated rings. The monoisotopic (exact) mass is 355 g/mol. The minimum Gasteiger partial charge on any atom is -0.339 e. The minimum atomic E-state index is -0.0556. The summed E-state index contributed by atoms with van der Waals surface area (Å²) < 4.78 is 0. The molecule has 0 saturated heterocycles. The van der Waals surface area contributed by atoms with Gasteiger partial charge in [0.2, 0.25) is 5.91 Å². The lowest BCUT2D eigenvalue weighted by molar-refractivity contribution is -0.116. The van der Waals surface area contributed by atoms with E-state index in [1.807, 2.05) is 11.8 Å². The molecule has 1 aromatic rings. The molecule has 0 radical (unpaired) electrons. The lowest BCUT2D eigenvalue weighted by Gasteiger charge is -2.21. The topological polar surface area (TPSA) is 75.4 Å². The van der Waals surface area contributed by atoms with Crippen molar-refractivity contribution in [2.24, 2.45) is 5.73 Å². The van der Waals surface area contributed by atoms with E-state index < -0.39 is 0 Å². The molecule has 0 spiro atoms. The molecule has 1 aromatic carbocycles. The van der Waals surface area contributed by atoms with Gasteiger partial charge in [0, 0.05) is 36.8 Å². The molecule has 0 aliphatic heterocycles. The van der Waals surface area contributed by atoms with E-state index in [2.05, 4.69) is 19.2 Å². The van der Waals surface area contributed by atoms with Gasteiger partial charge in [-0.25, -0.2) is 0 Å². The first-order valence-corrected chi connectivity index (χ1v) is 8.42. The van der Waals surface area contributed by atoms with Crippen LogP contribution in [0, 0.1) is 0 Å². The largest absolute Gasteiger partial charge is 0.339 e. The van der Waals surface area contributed by atoms with E-state index >= 15 is 0 Å². The second-order valence-corrected chi connectivity index (χ2v) is 5.93. The van der Waals surface area contributed by atoms with Crippen LogP contribution in [0.25, 0.3) is 0 Å². The third-order valence-corrected chi connectivity index (χ3v) is 3.52. The van der Waals surface area contributed by atoms with Crippen molar-refractivity contribution in [2.75, 3.05) is 18.4 Å². The summed E-state index contributed by atoms with van der Waals surface area (Å²) in [6, 6.07) is 7.09. The number of nitrogens with zero attached hydrogens (tertiary/aromatic N) is 1. The highest BCUT2D eigenvalue weighted by molar-refractivity contribution is 5.95. The summed E-state index contributed by atoms with van der Waals surface area (Å²) in [5.41, 5.74) is 7.00. The highest BCUT2D eigenvalue weighted by Crippen LogP contribution is 2.13. The summed E-state index contributed by atoms with van der Waals surface area (Å²) >= 11 is 0. The quantitative estimate of drug-likeness (QED) is 0.712. The predicted molar refractivity (Wildman–Crippen MR) is 102 cm³/mol. The summed E-state index contributed by atoms with van der Waals surface area (Å²) in [5, 5.41) is 2.82. The highest BCUT2D eigenvalue weighted by atomic mass is 35.5. The number of halogens is 1. The van der Waals surface area contributed by atoms with Crippen molar-refractivity contribution in [1.82, 2.24) is 4.90 Å². The van der Waals surface area contributed by atoms with Crippen LogP contribution in [0.2, 0.25) is 0 Å². The highest BCUT2D eigenvalue weighted by Gasteiger charge is 2.14. The normalized spacial score (nSPS) is 11.3. The van der Waals surface area contributed by atoms with Crippen LogP contribution >= 0.6 is 12.4 Å². The Bertz CT molecular complexity index is 497. The number of nitrogens with two attached hydrogens (primary N) is 1. The van der Waals surface area contributed by atoms with Gasteiger partial charge >= 0.3 is 0 Å². The minimum absolute atomic E-state index is 0. The number of amides is 2. The number of rotatable bonds is 9. The zero-order valence-corrected chi connectivity index (χ0v) is 15.7. The number of carbonyl (C=O) groups is 2. The summed E-state index contributed by atoms with van der Waals surface area (Å²) in [6.07, 6.45) is 2.95. The van der Waals surface area contributed by atoms with Crippen LogP contribution in [-0.4, -0.2) is 35.8 Å². The molecule has 3 N–H and O–H groups in total. The molecule has 5 nitrogen and oxygen atoms in total. The van der Waals surface area contributed by atoms with Gasteiger partial charge in [-0.15, -0.1) is 12.4 Å². The Morgan fingerprint density at radius 3 is 2.12 bits per heavy atom. The van der Waals surface area contributed by atoms with Crippen molar-refractivity contribution in [2.45, 2.75) is 52.5 Å². The van der Waals surface area contributed by atoms with Crippen molar-refractivity contribution < 1.29 is 9.59 Å². The number of nitrogens with one attached hydrogen (secondary N) is 1. The van der Waals surface area contributed by atoms with Crippen LogP contribution in [-0.2, 0) is 4.79 Å². The Kier molecular flexibility index (Phi) is 11.1. The summed E-state index contributed by atoms with van der Waals surface area (Å²) in [4.78, 5) is 26.1. The van der Waals surface area contributed by atoms with Crippen LogP contribution in [0.15, 0.2) is 24.3 Å². The van der Waals surface area contributed by atoms with Crippen LogP contribution in [0.3, 0.4) is 0 Å². The zero-order valence-electron chi connectivity index (χ0n) is 14.9. The smallest absolute Gasteiger partial charge is 0.253 e. The van der Waals surface area contributed by atoms with Crippen LogP contribution in [0.5, 0.6) is 0 Å². The summed E-state index contributed by atoms with van der Waals surface area (Å²) in [7, 11) is 0. The van der Waals surface area contributed by atoms with Crippen molar-refractivity contribution in [3.05, 3.63) is 29.8 Å². The van der Waals surface area contributed by atoms with Gasteiger partial charge in [-0.1, -0.05) is 13.8 Å². The number of carbonyl (C=O) groups excluding carboxylic acids is 2. The van der Waals surface area contributed by atoms with Gasteiger partial charge in [0.25, 0.3) is 5.91 Å². The fourth-order valence-corrected chi connectivity index (χ4v) is 2.32. The molecule has 2 amide bonds. The number of hydrogen-bond acceptors (Lipinski definition) is 3. The summed E-state index contributed by atoms with van der Waals surface area (Å²) in [5.74, 6) is -0.0106. The average Bonchev–Trinajstić information content (AvgIpc) is 2.53. The lowest BCUT2D eigenvalue weighted by atomic mass is 10.1. The van der Waals surface area contributed by atoms with Gasteiger partial charge in [0.1, 0.15) is 0 Å². The van der Waals surface area contributed by atoms with Crippen molar-refractivity contribution >= 4 is 29.9 Å². The molecule has 1 rings (SSSR count). The first kappa shape index (κ1) is 22.4.